The first-order valence-corrected chi connectivity index (χ1v) is 8.26. The average Bonchev–Trinajstić information content (AvgIpc) is 3.12. The molecule has 2 amide bonds. The van der Waals surface area contributed by atoms with Gasteiger partial charge in [-0.2, -0.15) is 0 Å². The number of nitrogens with zero attached hydrogens (tertiary/aromatic N) is 1. The minimum atomic E-state index is -1.04. The second-order valence-corrected chi connectivity index (χ2v) is 6.26. The van der Waals surface area contributed by atoms with Crippen molar-refractivity contribution in [3.8, 4) is 0 Å². The van der Waals surface area contributed by atoms with Crippen LogP contribution in [0, 0.1) is 5.92 Å². The molecule has 0 aromatic carbocycles. The number of likely N-dealkylation sites (tertiary alicyclic amines) is 1. The highest BCUT2D eigenvalue weighted by Gasteiger charge is 2.30. The van der Waals surface area contributed by atoms with Crippen molar-refractivity contribution in [1.29, 1.82) is 0 Å². The van der Waals surface area contributed by atoms with Crippen LogP contribution in [0.2, 0.25) is 0 Å². The van der Waals surface area contributed by atoms with E-state index in [4.69, 9.17) is 5.11 Å². The van der Waals surface area contributed by atoms with E-state index in [1.165, 1.54) is 18.4 Å². The minimum Gasteiger partial charge on any atom is -0.467 e. The van der Waals surface area contributed by atoms with Crippen molar-refractivity contribution in [3.05, 3.63) is 22.4 Å². The summed E-state index contributed by atoms with van der Waals surface area (Å²) in [5, 5.41) is 13.5. The lowest BCUT2D eigenvalue weighted by Crippen LogP contribution is -2.49. The first-order valence-electron chi connectivity index (χ1n) is 7.38. The van der Waals surface area contributed by atoms with E-state index in [9.17, 15) is 14.4 Å². The van der Waals surface area contributed by atoms with Gasteiger partial charge in [0, 0.05) is 19.0 Å². The van der Waals surface area contributed by atoms with Crippen LogP contribution in [0.4, 0.5) is 0 Å². The molecule has 1 aliphatic heterocycles. The maximum Gasteiger partial charge on any atom is 0.330 e. The van der Waals surface area contributed by atoms with Crippen LogP contribution in [0.5, 0.6) is 0 Å². The number of thiophene rings is 1. The standard InChI is InChI=1S/C15H20N2O5S/c1-22-15(21)11(9-18)16-13(19)10-4-6-17(7-5-10)14(20)12-3-2-8-23-12/h2-3,8,10-11,18H,4-7,9H2,1H3,(H,16,19)/t11-/m0/s1. The lowest BCUT2D eigenvalue weighted by Gasteiger charge is -2.31. The number of hydrogen-bond donors (Lipinski definition) is 2. The Morgan fingerprint density at radius 1 is 1.43 bits per heavy atom. The molecule has 1 aliphatic rings. The summed E-state index contributed by atoms with van der Waals surface area (Å²) >= 11 is 1.40. The smallest absolute Gasteiger partial charge is 0.330 e. The Kier molecular flexibility index (Phi) is 6.12. The predicted molar refractivity (Wildman–Crippen MR) is 84.0 cm³/mol. The lowest BCUT2D eigenvalue weighted by atomic mass is 9.95. The van der Waals surface area contributed by atoms with Gasteiger partial charge in [0.05, 0.1) is 18.6 Å². The average molecular weight is 340 g/mol. The van der Waals surface area contributed by atoms with Crippen LogP contribution >= 0.6 is 11.3 Å². The molecule has 2 heterocycles. The molecule has 0 unspecified atom stereocenters. The number of carbonyl (C=O) groups is 3. The quantitative estimate of drug-likeness (QED) is 0.749. The van der Waals surface area contributed by atoms with Gasteiger partial charge in [-0.25, -0.2) is 4.79 Å². The van der Waals surface area contributed by atoms with Crippen molar-refractivity contribution >= 4 is 29.1 Å². The molecule has 2 rings (SSSR count). The van der Waals surface area contributed by atoms with E-state index >= 15 is 0 Å². The molecule has 0 aliphatic carbocycles. The molecule has 1 saturated heterocycles. The fraction of sp³-hybridized carbons (Fsp3) is 0.533. The van der Waals surface area contributed by atoms with Crippen molar-refractivity contribution in [1.82, 2.24) is 10.2 Å². The van der Waals surface area contributed by atoms with Crippen LogP contribution in [0.25, 0.3) is 0 Å². The fourth-order valence-electron chi connectivity index (χ4n) is 2.51. The Bertz CT molecular complexity index is 552. The number of ether oxygens (including phenoxy) is 1. The van der Waals surface area contributed by atoms with Crippen molar-refractivity contribution in [2.45, 2.75) is 18.9 Å². The summed E-state index contributed by atoms with van der Waals surface area (Å²) < 4.78 is 4.52. The van der Waals surface area contributed by atoms with Crippen LogP contribution in [-0.2, 0) is 14.3 Å². The molecule has 0 bridgehead atoms. The molecule has 126 valence electrons. The monoisotopic (exact) mass is 340 g/mol. The number of carbonyl (C=O) groups excluding carboxylic acids is 3. The van der Waals surface area contributed by atoms with Crippen molar-refractivity contribution < 1.29 is 24.2 Å². The van der Waals surface area contributed by atoms with Crippen LogP contribution in [0.1, 0.15) is 22.5 Å². The summed E-state index contributed by atoms with van der Waals surface area (Å²) in [7, 11) is 1.20. The van der Waals surface area contributed by atoms with Gasteiger partial charge in [0.25, 0.3) is 5.91 Å². The summed E-state index contributed by atoms with van der Waals surface area (Å²) in [4.78, 5) is 38.2. The van der Waals surface area contributed by atoms with Crippen molar-refractivity contribution in [3.63, 3.8) is 0 Å². The number of amides is 2. The Balaban J connectivity index is 1.85. The van der Waals surface area contributed by atoms with E-state index in [2.05, 4.69) is 10.1 Å². The first-order chi connectivity index (χ1) is 11.1. The van der Waals surface area contributed by atoms with Gasteiger partial charge in [-0.05, 0) is 24.3 Å². The topological polar surface area (TPSA) is 95.9 Å². The largest absolute Gasteiger partial charge is 0.467 e. The highest BCUT2D eigenvalue weighted by atomic mass is 32.1. The minimum absolute atomic E-state index is 0.0124. The Labute approximate surface area is 138 Å². The van der Waals surface area contributed by atoms with Crippen LogP contribution in [0.15, 0.2) is 17.5 Å². The summed E-state index contributed by atoms with van der Waals surface area (Å²) in [5.41, 5.74) is 0. The first kappa shape index (κ1) is 17.4. The van der Waals surface area contributed by atoms with Crippen molar-refractivity contribution in [2.75, 3.05) is 26.8 Å². The van der Waals surface area contributed by atoms with Gasteiger partial charge in [-0.3, -0.25) is 9.59 Å². The van der Waals surface area contributed by atoms with E-state index in [1.807, 2.05) is 11.4 Å². The highest BCUT2D eigenvalue weighted by molar-refractivity contribution is 7.12. The van der Waals surface area contributed by atoms with Crippen LogP contribution in [-0.4, -0.2) is 60.6 Å². The molecule has 0 spiro atoms. The predicted octanol–water partition coefficient (Wildman–Crippen LogP) is 0.250. The van der Waals surface area contributed by atoms with Gasteiger partial charge in [0.15, 0.2) is 6.04 Å². The third-order valence-electron chi connectivity index (χ3n) is 3.87. The zero-order chi connectivity index (χ0) is 16.8. The molecule has 23 heavy (non-hydrogen) atoms. The molecule has 1 aromatic rings. The number of methoxy groups -OCH3 is 1. The van der Waals surface area contributed by atoms with E-state index in [-0.39, 0.29) is 17.7 Å². The number of rotatable bonds is 5. The Hall–Kier alpha value is -1.93. The fourth-order valence-corrected chi connectivity index (χ4v) is 3.20. The van der Waals surface area contributed by atoms with E-state index < -0.39 is 18.6 Å². The molecule has 1 aromatic heterocycles. The molecule has 1 fully saturated rings. The van der Waals surface area contributed by atoms with E-state index in [0.29, 0.717) is 30.8 Å². The lowest BCUT2D eigenvalue weighted by molar-refractivity contribution is -0.146. The summed E-state index contributed by atoms with van der Waals surface area (Å²) in [5.74, 6) is -1.26. The number of nitrogens with one attached hydrogen (secondary N) is 1. The zero-order valence-electron chi connectivity index (χ0n) is 12.9. The van der Waals surface area contributed by atoms with Crippen LogP contribution < -0.4 is 5.32 Å². The number of aliphatic hydroxyl groups is 1. The molecule has 2 N–H and O–H groups in total. The van der Waals surface area contributed by atoms with Gasteiger partial charge in [0.2, 0.25) is 5.91 Å². The Morgan fingerprint density at radius 2 is 2.13 bits per heavy atom. The third-order valence-corrected chi connectivity index (χ3v) is 4.73. The molecule has 0 saturated carbocycles. The summed E-state index contributed by atoms with van der Waals surface area (Å²) in [6.07, 6.45) is 1.06. The molecular formula is C15H20N2O5S. The Morgan fingerprint density at radius 3 is 2.65 bits per heavy atom. The van der Waals surface area contributed by atoms with E-state index in [0.717, 1.165) is 0 Å². The van der Waals surface area contributed by atoms with Crippen LogP contribution in [0.3, 0.4) is 0 Å². The number of piperidine rings is 1. The van der Waals surface area contributed by atoms with Gasteiger partial charge in [0.1, 0.15) is 0 Å². The van der Waals surface area contributed by atoms with Gasteiger partial charge >= 0.3 is 5.97 Å². The molecule has 0 radical (unpaired) electrons. The van der Waals surface area contributed by atoms with Gasteiger partial charge in [-0.15, -0.1) is 11.3 Å². The molecule has 1 atom stereocenters. The maximum atomic E-state index is 12.2. The molecule has 7 nitrogen and oxygen atoms in total. The second-order valence-electron chi connectivity index (χ2n) is 5.31. The van der Waals surface area contributed by atoms with Gasteiger partial charge in [-0.1, -0.05) is 6.07 Å². The molecule has 8 heteroatoms. The van der Waals surface area contributed by atoms with Crippen molar-refractivity contribution in [2.24, 2.45) is 5.92 Å². The second kappa shape index (κ2) is 8.07. The SMILES string of the molecule is COC(=O)[C@H](CO)NC(=O)C1CCN(C(=O)c2cccs2)CC1. The maximum absolute atomic E-state index is 12.2. The summed E-state index contributed by atoms with van der Waals surface area (Å²) in [6.45, 7) is 0.488. The zero-order valence-corrected chi connectivity index (χ0v) is 13.7. The number of aliphatic hydroxyl groups excluding tert-OH is 1. The van der Waals surface area contributed by atoms with E-state index in [1.54, 1.807) is 11.0 Å². The summed E-state index contributed by atoms with van der Waals surface area (Å²) in [6, 6.07) is 2.58. The number of hydrogen-bond acceptors (Lipinski definition) is 6. The highest BCUT2D eigenvalue weighted by Crippen LogP contribution is 2.21. The number of esters is 1. The van der Waals surface area contributed by atoms with Gasteiger partial charge < -0.3 is 20.1 Å². The molecular weight excluding hydrogens is 320 g/mol. The normalized spacial score (nSPS) is 16.7. The third kappa shape index (κ3) is 4.29.